The molecule has 5 nitrogen and oxygen atoms in total. The van der Waals surface area contributed by atoms with Crippen LogP contribution < -0.4 is 0 Å². The van der Waals surface area contributed by atoms with Gasteiger partial charge in [0.2, 0.25) is 0 Å². The van der Waals surface area contributed by atoms with Gasteiger partial charge in [-0.05, 0) is 112 Å². The molecule has 12 aromatic carbocycles. The number of fused-ring (bicyclic) bond motifs is 13. The van der Waals surface area contributed by atoms with Crippen molar-refractivity contribution in [1.29, 1.82) is 0 Å². The average Bonchev–Trinajstić information content (AvgIpc) is 1.71. The first-order valence-corrected chi connectivity index (χ1v) is 29.0. The first kappa shape index (κ1) is 47.9. The van der Waals surface area contributed by atoms with E-state index in [0.29, 0.717) is 5.82 Å². The molecular formula is C79H53N5. The summed E-state index contributed by atoms with van der Waals surface area (Å²) < 4.78 is 7.43. The molecule has 17 rings (SSSR count). The van der Waals surface area contributed by atoms with E-state index in [4.69, 9.17) is 9.97 Å². The maximum absolute atomic E-state index is 5.56. The van der Waals surface area contributed by atoms with Gasteiger partial charge in [0.05, 0.1) is 50.2 Å². The van der Waals surface area contributed by atoms with Crippen LogP contribution in [-0.4, -0.2) is 23.7 Å². The zero-order valence-electron chi connectivity index (χ0n) is 46.4. The van der Waals surface area contributed by atoms with E-state index in [1.807, 2.05) is 0 Å². The van der Waals surface area contributed by atoms with Crippen molar-refractivity contribution < 1.29 is 0 Å². The highest BCUT2D eigenvalue weighted by molar-refractivity contribution is 6.16. The third-order valence-electron chi connectivity index (χ3n) is 17.8. The Balaban J connectivity index is 1.02. The minimum absolute atomic E-state index is 0.263. The van der Waals surface area contributed by atoms with Crippen molar-refractivity contribution in [3.63, 3.8) is 0 Å². The van der Waals surface area contributed by atoms with Crippen molar-refractivity contribution >= 4 is 65.4 Å². The van der Waals surface area contributed by atoms with E-state index < -0.39 is 0 Å². The number of rotatable bonds is 8. The number of hydrogen-bond acceptors (Lipinski definition) is 2. The lowest BCUT2D eigenvalue weighted by molar-refractivity contribution is 0.666. The first-order valence-electron chi connectivity index (χ1n) is 29.0. The molecule has 4 aromatic heterocycles. The van der Waals surface area contributed by atoms with Crippen LogP contribution in [0.15, 0.2) is 285 Å². The standard InChI is InChI=1S/C79H53N5/c1-79(2)66-37-15-9-31-57(66)62-43-44-74-75(76(62)79)63-36-14-20-42-73(63)84(74)77-64(52-27-21-29-55(45-52)82-69-38-16-10-32-58(69)59-33-11-17-39-70(59)82)47-54(78-80-67(50-23-5-3-6-24-50)49-68(81-78)51-25-7-4-8-26-51)48-65(77)53-28-22-30-56(46-53)83-71-40-18-12-34-60(71)61-35-13-19-41-72(61)83/h3-49H,1-2H3. The van der Waals surface area contributed by atoms with Crippen molar-refractivity contribution in [1.82, 2.24) is 23.7 Å². The van der Waals surface area contributed by atoms with Gasteiger partial charge >= 0.3 is 0 Å². The SMILES string of the molecule is CC1(C)c2ccccc2-c2ccc3c(c21)c1ccccc1n3-c1c(-c2cccc(-n3c4ccccc4c4ccccc43)c2)cc(-c2nc(-c3ccccc3)cc(-c3ccccc3)n2)cc1-c1cccc(-n2c3ccccc3c3ccccc32)c1. The second-order valence-corrected chi connectivity index (χ2v) is 22.9. The van der Waals surface area contributed by atoms with Gasteiger partial charge in [-0.1, -0.05) is 220 Å². The molecule has 0 aliphatic heterocycles. The predicted molar refractivity (Wildman–Crippen MR) is 350 cm³/mol. The van der Waals surface area contributed by atoms with E-state index >= 15 is 0 Å². The van der Waals surface area contributed by atoms with Crippen LogP contribution in [0.25, 0.3) is 150 Å². The highest BCUT2D eigenvalue weighted by atomic mass is 15.0. The van der Waals surface area contributed by atoms with Crippen LogP contribution in [0.1, 0.15) is 25.0 Å². The zero-order chi connectivity index (χ0) is 55.6. The van der Waals surface area contributed by atoms with Gasteiger partial charge in [0.15, 0.2) is 5.82 Å². The van der Waals surface area contributed by atoms with Crippen molar-refractivity contribution in [3.8, 4) is 84.3 Å². The summed E-state index contributed by atoms with van der Waals surface area (Å²) in [6, 6.07) is 104. The van der Waals surface area contributed by atoms with Gasteiger partial charge in [0.25, 0.3) is 0 Å². The number of hydrogen-bond donors (Lipinski definition) is 0. The van der Waals surface area contributed by atoms with Crippen molar-refractivity contribution in [2.45, 2.75) is 19.3 Å². The second kappa shape index (κ2) is 18.6. The van der Waals surface area contributed by atoms with Crippen molar-refractivity contribution in [2.75, 3.05) is 0 Å². The molecule has 0 spiro atoms. The smallest absolute Gasteiger partial charge is 0.160 e. The molecule has 394 valence electrons. The molecule has 1 aliphatic carbocycles. The summed E-state index contributed by atoms with van der Waals surface area (Å²) in [4.78, 5) is 11.1. The van der Waals surface area contributed by atoms with E-state index in [1.165, 1.54) is 54.6 Å². The Morgan fingerprint density at radius 1 is 0.286 bits per heavy atom. The molecule has 0 unspecified atom stereocenters. The molecule has 0 bridgehead atoms. The predicted octanol–water partition coefficient (Wildman–Crippen LogP) is 20.4. The molecule has 16 aromatic rings. The van der Waals surface area contributed by atoms with Gasteiger partial charge in [-0.15, -0.1) is 0 Å². The van der Waals surface area contributed by atoms with E-state index in [9.17, 15) is 0 Å². The quantitative estimate of drug-likeness (QED) is 0.152. The molecule has 5 heteroatoms. The fraction of sp³-hybridized carbons (Fsp3) is 0.0380. The van der Waals surface area contributed by atoms with E-state index in [-0.39, 0.29) is 5.41 Å². The van der Waals surface area contributed by atoms with Crippen molar-refractivity contribution in [2.24, 2.45) is 0 Å². The Hall–Kier alpha value is -10.9. The fourth-order valence-corrected chi connectivity index (χ4v) is 14.1. The summed E-state index contributed by atoms with van der Waals surface area (Å²) in [5, 5.41) is 7.38. The monoisotopic (exact) mass is 1070 g/mol. The summed E-state index contributed by atoms with van der Waals surface area (Å²) >= 11 is 0. The molecule has 0 saturated carbocycles. The van der Waals surface area contributed by atoms with Crippen molar-refractivity contribution in [3.05, 3.63) is 296 Å². The van der Waals surface area contributed by atoms with Crippen LogP contribution >= 0.6 is 0 Å². The number of aromatic nitrogens is 5. The maximum atomic E-state index is 5.56. The van der Waals surface area contributed by atoms with E-state index in [1.54, 1.807) is 0 Å². The van der Waals surface area contributed by atoms with Gasteiger partial charge in [-0.3, -0.25) is 0 Å². The van der Waals surface area contributed by atoms with Crippen LogP contribution in [0.4, 0.5) is 0 Å². The van der Waals surface area contributed by atoms with Crippen LogP contribution in [0.2, 0.25) is 0 Å². The lowest BCUT2D eigenvalue weighted by atomic mass is 9.80. The lowest BCUT2D eigenvalue weighted by Crippen LogP contribution is -2.15. The highest BCUT2D eigenvalue weighted by Crippen LogP contribution is 2.54. The second-order valence-electron chi connectivity index (χ2n) is 22.9. The Morgan fingerprint density at radius 2 is 0.702 bits per heavy atom. The van der Waals surface area contributed by atoms with E-state index in [0.717, 1.165) is 100 Å². The fourth-order valence-electron chi connectivity index (χ4n) is 14.1. The molecule has 0 radical (unpaired) electrons. The molecule has 0 fully saturated rings. The Kier molecular flexibility index (Phi) is 10.6. The normalized spacial score (nSPS) is 12.7. The first-order chi connectivity index (χ1) is 41.4. The van der Waals surface area contributed by atoms with Crippen LogP contribution in [0.3, 0.4) is 0 Å². The van der Waals surface area contributed by atoms with E-state index in [2.05, 4.69) is 313 Å². The molecule has 0 atom stereocenters. The summed E-state index contributed by atoms with van der Waals surface area (Å²) in [5.74, 6) is 0.640. The molecule has 4 heterocycles. The summed E-state index contributed by atoms with van der Waals surface area (Å²) in [6.07, 6.45) is 0. The average molecular weight is 1070 g/mol. The highest BCUT2D eigenvalue weighted by Gasteiger charge is 2.38. The molecule has 0 saturated heterocycles. The zero-order valence-corrected chi connectivity index (χ0v) is 46.4. The van der Waals surface area contributed by atoms with Crippen LogP contribution in [-0.2, 0) is 5.41 Å². The molecule has 0 amide bonds. The Morgan fingerprint density at radius 3 is 1.20 bits per heavy atom. The largest absolute Gasteiger partial charge is 0.309 e. The van der Waals surface area contributed by atoms with Gasteiger partial charge in [0.1, 0.15) is 0 Å². The lowest BCUT2D eigenvalue weighted by Gasteiger charge is -2.23. The minimum Gasteiger partial charge on any atom is -0.309 e. The molecular weight excluding hydrogens is 1020 g/mol. The maximum Gasteiger partial charge on any atom is 0.160 e. The Bertz CT molecular complexity index is 5000. The summed E-state index contributed by atoms with van der Waals surface area (Å²) in [5.41, 5.74) is 24.1. The van der Waals surface area contributed by atoms with Gasteiger partial charge in [-0.2, -0.15) is 0 Å². The minimum atomic E-state index is -0.263. The Labute approximate surface area is 486 Å². The summed E-state index contributed by atoms with van der Waals surface area (Å²) in [6.45, 7) is 4.81. The van der Waals surface area contributed by atoms with Gasteiger partial charge < -0.3 is 13.7 Å². The molecule has 84 heavy (non-hydrogen) atoms. The number of benzene rings is 12. The third-order valence-corrected chi connectivity index (χ3v) is 17.8. The van der Waals surface area contributed by atoms with Gasteiger partial charge in [0, 0.05) is 76.9 Å². The number of para-hydroxylation sites is 5. The molecule has 1 aliphatic rings. The van der Waals surface area contributed by atoms with Gasteiger partial charge in [-0.25, -0.2) is 9.97 Å². The van der Waals surface area contributed by atoms with Crippen LogP contribution in [0.5, 0.6) is 0 Å². The number of nitrogens with zero attached hydrogens (tertiary/aromatic N) is 5. The third kappa shape index (κ3) is 7.22. The topological polar surface area (TPSA) is 40.6 Å². The summed E-state index contributed by atoms with van der Waals surface area (Å²) in [7, 11) is 0. The van der Waals surface area contributed by atoms with Crippen LogP contribution in [0, 0.1) is 0 Å². The molecule has 0 N–H and O–H groups in total.